The lowest BCUT2D eigenvalue weighted by atomic mass is 9.98. The van der Waals surface area contributed by atoms with Crippen LogP contribution in [0, 0.1) is 5.92 Å². The monoisotopic (exact) mass is 498 g/mol. The molecule has 1 saturated heterocycles. The summed E-state index contributed by atoms with van der Waals surface area (Å²) in [5.74, 6) is -1.05. The van der Waals surface area contributed by atoms with Gasteiger partial charge in [-0.3, -0.25) is 19.0 Å². The standard InChI is InChI=1S/C23H26N6O5S/c1-3-34-22(33)14-6-4-8-16(10-14)26-17(30)12-29-13-25-19-18(21(29)32)35-23(27-19)28-9-5-7-15(11-28)20(31)24-2/h4,6,8,10,13,15H,3,5,7,9,11-12H2,1-2H3,(H,24,31)(H,26,30)/t15-/m1/s1. The van der Waals surface area contributed by atoms with Crippen molar-refractivity contribution in [2.24, 2.45) is 5.92 Å². The largest absolute Gasteiger partial charge is 0.462 e. The molecule has 1 aliphatic rings. The van der Waals surface area contributed by atoms with E-state index in [1.165, 1.54) is 28.3 Å². The number of rotatable bonds is 7. The number of nitrogens with zero attached hydrogens (tertiary/aromatic N) is 4. The van der Waals surface area contributed by atoms with Crippen LogP contribution in [0.25, 0.3) is 10.3 Å². The van der Waals surface area contributed by atoms with Crippen LogP contribution in [0.15, 0.2) is 35.4 Å². The van der Waals surface area contributed by atoms with E-state index >= 15 is 0 Å². The zero-order valence-corrected chi connectivity index (χ0v) is 20.3. The summed E-state index contributed by atoms with van der Waals surface area (Å²) in [6.45, 7) is 2.99. The van der Waals surface area contributed by atoms with Crippen LogP contribution in [-0.4, -0.2) is 59.1 Å². The summed E-state index contributed by atoms with van der Waals surface area (Å²) in [6, 6.07) is 6.39. The SMILES string of the molecule is CCOC(=O)c1cccc(NC(=O)Cn2cnc3nc(N4CCC[C@@H](C(=O)NC)C4)sc3c2=O)c1. The molecule has 1 fully saturated rings. The molecular weight excluding hydrogens is 472 g/mol. The fourth-order valence-electron chi connectivity index (χ4n) is 3.95. The second-order valence-corrected chi connectivity index (χ2v) is 9.05. The van der Waals surface area contributed by atoms with Crippen molar-refractivity contribution in [3.05, 3.63) is 46.5 Å². The van der Waals surface area contributed by atoms with Gasteiger partial charge in [0, 0.05) is 25.8 Å². The van der Waals surface area contributed by atoms with Crippen LogP contribution in [-0.2, 0) is 20.9 Å². The minimum absolute atomic E-state index is 0.00454. The van der Waals surface area contributed by atoms with Gasteiger partial charge in [0.25, 0.3) is 5.56 Å². The highest BCUT2D eigenvalue weighted by Crippen LogP contribution is 2.29. The van der Waals surface area contributed by atoms with Gasteiger partial charge in [0.2, 0.25) is 11.8 Å². The molecule has 2 N–H and O–H groups in total. The van der Waals surface area contributed by atoms with E-state index in [-0.39, 0.29) is 30.5 Å². The fraction of sp³-hybridized carbons (Fsp3) is 0.391. The van der Waals surface area contributed by atoms with Gasteiger partial charge in [0.1, 0.15) is 17.6 Å². The predicted molar refractivity (Wildman–Crippen MR) is 132 cm³/mol. The van der Waals surface area contributed by atoms with Crippen molar-refractivity contribution in [1.29, 1.82) is 0 Å². The van der Waals surface area contributed by atoms with Crippen LogP contribution in [0.2, 0.25) is 0 Å². The Morgan fingerprint density at radius 3 is 2.89 bits per heavy atom. The molecule has 1 aromatic carbocycles. The van der Waals surface area contributed by atoms with Gasteiger partial charge >= 0.3 is 5.97 Å². The number of nitrogens with one attached hydrogen (secondary N) is 2. The van der Waals surface area contributed by atoms with E-state index < -0.39 is 11.9 Å². The first-order chi connectivity index (χ1) is 16.9. The van der Waals surface area contributed by atoms with Crippen molar-refractivity contribution in [1.82, 2.24) is 19.9 Å². The molecule has 184 valence electrons. The lowest BCUT2D eigenvalue weighted by Gasteiger charge is -2.31. The van der Waals surface area contributed by atoms with E-state index in [1.807, 2.05) is 4.90 Å². The van der Waals surface area contributed by atoms with Crippen molar-refractivity contribution in [2.75, 3.05) is 37.0 Å². The Hall–Kier alpha value is -3.80. The van der Waals surface area contributed by atoms with Gasteiger partial charge < -0.3 is 20.3 Å². The number of hydrogen-bond acceptors (Lipinski definition) is 9. The first-order valence-corrected chi connectivity index (χ1v) is 12.1. The van der Waals surface area contributed by atoms with Crippen LogP contribution in [0.4, 0.5) is 10.8 Å². The maximum atomic E-state index is 13.0. The maximum absolute atomic E-state index is 13.0. The molecule has 12 heteroatoms. The molecule has 35 heavy (non-hydrogen) atoms. The van der Waals surface area contributed by atoms with Crippen molar-refractivity contribution >= 4 is 50.3 Å². The normalized spacial score (nSPS) is 15.6. The highest BCUT2D eigenvalue weighted by molar-refractivity contribution is 7.22. The highest BCUT2D eigenvalue weighted by Gasteiger charge is 2.27. The zero-order chi connectivity index (χ0) is 24.9. The van der Waals surface area contributed by atoms with Crippen LogP contribution < -0.4 is 21.1 Å². The molecule has 3 aromatic rings. The first-order valence-electron chi connectivity index (χ1n) is 11.3. The minimum atomic E-state index is -0.481. The maximum Gasteiger partial charge on any atom is 0.338 e. The molecule has 0 radical (unpaired) electrons. The molecule has 0 spiro atoms. The summed E-state index contributed by atoms with van der Waals surface area (Å²) in [5.41, 5.74) is 0.682. The second-order valence-electron chi connectivity index (χ2n) is 8.08. The van der Waals surface area contributed by atoms with E-state index in [9.17, 15) is 19.2 Å². The number of anilines is 2. The number of carbonyl (C=O) groups excluding carboxylic acids is 3. The van der Waals surface area contributed by atoms with Gasteiger partial charge in [0.15, 0.2) is 10.8 Å². The number of esters is 1. The van der Waals surface area contributed by atoms with E-state index in [2.05, 4.69) is 20.6 Å². The Morgan fingerprint density at radius 1 is 1.29 bits per heavy atom. The number of ether oxygens (including phenoxy) is 1. The van der Waals surface area contributed by atoms with Gasteiger partial charge in [-0.2, -0.15) is 4.98 Å². The number of aromatic nitrogens is 3. The molecule has 2 amide bonds. The van der Waals surface area contributed by atoms with Crippen molar-refractivity contribution in [3.8, 4) is 0 Å². The molecule has 0 saturated carbocycles. The summed E-state index contributed by atoms with van der Waals surface area (Å²) in [5, 5.41) is 6.01. The quantitative estimate of drug-likeness (QED) is 0.469. The van der Waals surface area contributed by atoms with Gasteiger partial charge in [-0.05, 0) is 38.0 Å². The van der Waals surface area contributed by atoms with Gasteiger partial charge in [-0.25, -0.2) is 9.78 Å². The third-order valence-electron chi connectivity index (χ3n) is 5.65. The average Bonchev–Trinajstić information content (AvgIpc) is 3.31. The molecule has 0 aliphatic carbocycles. The molecule has 3 heterocycles. The third kappa shape index (κ3) is 5.48. The number of benzene rings is 1. The average molecular weight is 499 g/mol. The summed E-state index contributed by atoms with van der Waals surface area (Å²) in [7, 11) is 1.62. The summed E-state index contributed by atoms with van der Waals surface area (Å²) in [4.78, 5) is 60.3. The molecule has 1 aliphatic heterocycles. The molecule has 11 nitrogen and oxygen atoms in total. The zero-order valence-electron chi connectivity index (χ0n) is 19.4. The lowest BCUT2D eigenvalue weighted by molar-refractivity contribution is -0.124. The Labute approximate surface area is 205 Å². The first kappa shape index (κ1) is 24.3. The number of hydrogen-bond donors (Lipinski definition) is 2. The number of amides is 2. The Kier molecular flexibility index (Phi) is 7.39. The van der Waals surface area contributed by atoms with E-state index in [0.29, 0.717) is 33.3 Å². The summed E-state index contributed by atoms with van der Waals surface area (Å²) < 4.78 is 6.55. The Morgan fingerprint density at radius 2 is 2.11 bits per heavy atom. The lowest BCUT2D eigenvalue weighted by Crippen LogP contribution is -2.42. The van der Waals surface area contributed by atoms with Gasteiger partial charge in [-0.15, -0.1) is 0 Å². The van der Waals surface area contributed by atoms with E-state index in [1.54, 1.807) is 32.2 Å². The Balaban J connectivity index is 1.48. The molecule has 4 rings (SSSR count). The molecular formula is C23H26N6O5S. The predicted octanol–water partition coefficient (Wildman–Crippen LogP) is 1.63. The minimum Gasteiger partial charge on any atom is -0.462 e. The van der Waals surface area contributed by atoms with E-state index in [0.717, 1.165) is 19.4 Å². The third-order valence-corrected chi connectivity index (χ3v) is 6.75. The number of fused-ring (bicyclic) bond motifs is 1. The summed E-state index contributed by atoms with van der Waals surface area (Å²) in [6.07, 6.45) is 2.96. The highest BCUT2D eigenvalue weighted by atomic mass is 32.1. The summed E-state index contributed by atoms with van der Waals surface area (Å²) >= 11 is 1.21. The second kappa shape index (κ2) is 10.6. The molecule has 1 atom stereocenters. The van der Waals surface area contributed by atoms with Crippen molar-refractivity contribution < 1.29 is 19.1 Å². The topological polar surface area (TPSA) is 136 Å². The van der Waals surface area contributed by atoms with Crippen LogP contribution >= 0.6 is 11.3 Å². The van der Waals surface area contributed by atoms with Crippen LogP contribution in [0.3, 0.4) is 0 Å². The molecule has 0 unspecified atom stereocenters. The smallest absolute Gasteiger partial charge is 0.338 e. The Bertz CT molecular complexity index is 1320. The van der Waals surface area contributed by atoms with E-state index in [4.69, 9.17) is 4.74 Å². The molecule has 0 bridgehead atoms. The van der Waals surface area contributed by atoms with Gasteiger partial charge in [0.05, 0.1) is 18.1 Å². The van der Waals surface area contributed by atoms with Gasteiger partial charge in [-0.1, -0.05) is 17.4 Å². The molecule has 2 aromatic heterocycles. The number of piperidine rings is 1. The van der Waals surface area contributed by atoms with Crippen molar-refractivity contribution in [3.63, 3.8) is 0 Å². The number of thiazole rings is 1. The van der Waals surface area contributed by atoms with Crippen LogP contribution in [0.5, 0.6) is 0 Å². The van der Waals surface area contributed by atoms with Crippen molar-refractivity contribution in [2.45, 2.75) is 26.3 Å². The number of carbonyl (C=O) groups is 3. The van der Waals surface area contributed by atoms with Crippen LogP contribution in [0.1, 0.15) is 30.1 Å². The fourth-order valence-corrected chi connectivity index (χ4v) is 4.95.